The minimum atomic E-state index is -0.0352. The molecule has 22 heavy (non-hydrogen) atoms. The summed E-state index contributed by atoms with van der Waals surface area (Å²) >= 11 is 0. The minimum absolute atomic E-state index is 0.0127. The fourth-order valence-corrected chi connectivity index (χ4v) is 2.54. The van der Waals surface area contributed by atoms with E-state index in [0.29, 0.717) is 11.6 Å². The van der Waals surface area contributed by atoms with E-state index < -0.39 is 0 Å². The Morgan fingerprint density at radius 2 is 1.82 bits per heavy atom. The van der Waals surface area contributed by atoms with Crippen molar-refractivity contribution in [1.29, 1.82) is 0 Å². The Balaban J connectivity index is 1.59. The number of benzene rings is 2. The molecular weight excluding hydrogens is 276 g/mol. The fourth-order valence-electron chi connectivity index (χ4n) is 2.54. The van der Waals surface area contributed by atoms with Crippen LogP contribution < -0.4 is 5.43 Å². The van der Waals surface area contributed by atoms with Gasteiger partial charge in [0.2, 0.25) is 5.91 Å². The van der Waals surface area contributed by atoms with E-state index in [-0.39, 0.29) is 17.6 Å². The molecule has 0 saturated heterocycles. The standard InChI is InChI=1S/C18H18N2O2/c1-12(13-7-9-15(21)10-8-13)19-20-18(22)17-11-16(17)14-5-3-2-4-6-14/h2-10,16-17,21H,11H2,1H3,(H,20,22)/b19-12+/t16-,17+/m0/s1. The van der Waals surface area contributed by atoms with Gasteiger partial charge in [-0.3, -0.25) is 4.79 Å². The lowest BCUT2D eigenvalue weighted by atomic mass is 10.1. The molecule has 4 heteroatoms. The Bertz CT molecular complexity index is 693. The number of hydrogen-bond acceptors (Lipinski definition) is 3. The largest absolute Gasteiger partial charge is 0.508 e. The summed E-state index contributed by atoms with van der Waals surface area (Å²) in [7, 11) is 0. The van der Waals surface area contributed by atoms with Gasteiger partial charge in [-0.25, -0.2) is 5.43 Å². The third-order valence-corrected chi connectivity index (χ3v) is 3.97. The van der Waals surface area contributed by atoms with Crippen molar-refractivity contribution in [2.45, 2.75) is 19.3 Å². The second kappa shape index (κ2) is 6.02. The van der Waals surface area contributed by atoms with Crippen LogP contribution in [0.25, 0.3) is 0 Å². The van der Waals surface area contributed by atoms with Crippen molar-refractivity contribution in [3.63, 3.8) is 0 Å². The summed E-state index contributed by atoms with van der Waals surface area (Å²) in [5.74, 6) is 0.500. The van der Waals surface area contributed by atoms with Crippen molar-refractivity contribution >= 4 is 11.6 Å². The molecule has 4 nitrogen and oxygen atoms in total. The summed E-state index contributed by atoms with van der Waals surface area (Å²) in [4.78, 5) is 12.1. The van der Waals surface area contributed by atoms with Crippen LogP contribution in [0, 0.1) is 5.92 Å². The van der Waals surface area contributed by atoms with E-state index in [1.807, 2.05) is 25.1 Å². The van der Waals surface area contributed by atoms with Gasteiger partial charge in [0.05, 0.1) is 5.71 Å². The molecule has 2 aromatic rings. The molecule has 2 N–H and O–H groups in total. The third kappa shape index (κ3) is 3.17. The number of hydrogen-bond donors (Lipinski definition) is 2. The maximum Gasteiger partial charge on any atom is 0.243 e. The Labute approximate surface area is 129 Å². The lowest BCUT2D eigenvalue weighted by Crippen LogP contribution is -2.21. The molecule has 0 radical (unpaired) electrons. The van der Waals surface area contributed by atoms with E-state index in [1.54, 1.807) is 24.3 Å². The van der Waals surface area contributed by atoms with Gasteiger partial charge in [-0.15, -0.1) is 0 Å². The first-order valence-electron chi connectivity index (χ1n) is 7.33. The fraction of sp³-hybridized carbons (Fsp3) is 0.222. The second-order valence-electron chi connectivity index (χ2n) is 5.58. The summed E-state index contributed by atoms with van der Waals surface area (Å²) in [6.45, 7) is 1.83. The first-order valence-corrected chi connectivity index (χ1v) is 7.33. The normalized spacial score (nSPS) is 20.5. The second-order valence-corrected chi connectivity index (χ2v) is 5.58. The Morgan fingerprint density at radius 3 is 2.50 bits per heavy atom. The first kappa shape index (κ1) is 14.3. The van der Waals surface area contributed by atoms with Gasteiger partial charge in [0, 0.05) is 5.92 Å². The molecule has 2 atom stereocenters. The number of rotatable bonds is 4. The number of phenols is 1. The highest BCUT2D eigenvalue weighted by Gasteiger charge is 2.43. The molecule has 3 rings (SSSR count). The number of amides is 1. The van der Waals surface area contributed by atoms with Gasteiger partial charge >= 0.3 is 0 Å². The summed E-state index contributed by atoms with van der Waals surface area (Å²) in [5, 5.41) is 13.4. The van der Waals surface area contributed by atoms with Crippen molar-refractivity contribution in [3.05, 3.63) is 65.7 Å². The van der Waals surface area contributed by atoms with Crippen molar-refractivity contribution in [2.75, 3.05) is 0 Å². The Morgan fingerprint density at radius 1 is 1.14 bits per heavy atom. The molecule has 0 heterocycles. The zero-order valence-electron chi connectivity index (χ0n) is 12.4. The molecule has 0 spiro atoms. The number of hydrazone groups is 1. The van der Waals surface area contributed by atoms with Crippen molar-refractivity contribution in [1.82, 2.24) is 5.43 Å². The van der Waals surface area contributed by atoms with Gasteiger partial charge in [0.25, 0.3) is 0 Å². The Kier molecular flexibility index (Phi) is 3.92. The van der Waals surface area contributed by atoms with E-state index >= 15 is 0 Å². The molecule has 2 aromatic carbocycles. The molecule has 0 aliphatic heterocycles. The van der Waals surface area contributed by atoms with Crippen LogP contribution in [-0.2, 0) is 4.79 Å². The van der Waals surface area contributed by atoms with E-state index in [0.717, 1.165) is 12.0 Å². The maximum absolute atomic E-state index is 12.1. The number of carbonyl (C=O) groups is 1. The lowest BCUT2D eigenvalue weighted by molar-refractivity contribution is -0.122. The highest BCUT2D eigenvalue weighted by Crippen LogP contribution is 2.47. The van der Waals surface area contributed by atoms with Crippen LogP contribution >= 0.6 is 0 Å². The van der Waals surface area contributed by atoms with Crippen LogP contribution in [0.3, 0.4) is 0 Å². The highest BCUT2D eigenvalue weighted by molar-refractivity contribution is 5.99. The number of nitrogens with one attached hydrogen (secondary N) is 1. The predicted octanol–water partition coefficient (Wildman–Crippen LogP) is 3.04. The van der Waals surface area contributed by atoms with Gasteiger partial charge in [-0.05, 0) is 54.7 Å². The molecule has 0 bridgehead atoms. The van der Waals surface area contributed by atoms with Crippen LogP contribution in [0.15, 0.2) is 59.7 Å². The zero-order valence-corrected chi connectivity index (χ0v) is 12.4. The molecule has 1 fully saturated rings. The number of nitrogens with zero attached hydrogens (tertiary/aromatic N) is 1. The van der Waals surface area contributed by atoms with Gasteiger partial charge in [0.1, 0.15) is 5.75 Å². The third-order valence-electron chi connectivity index (χ3n) is 3.97. The van der Waals surface area contributed by atoms with E-state index in [2.05, 4.69) is 22.7 Å². The maximum atomic E-state index is 12.1. The summed E-state index contributed by atoms with van der Waals surface area (Å²) in [6.07, 6.45) is 0.879. The van der Waals surface area contributed by atoms with Crippen LogP contribution in [0.2, 0.25) is 0 Å². The summed E-state index contributed by atoms with van der Waals surface area (Å²) in [5.41, 5.74) is 5.44. The number of carbonyl (C=O) groups excluding carboxylic acids is 1. The van der Waals surface area contributed by atoms with E-state index in [1.165, 1.54) is 5.56 Å². The molecule has 1 aliphatic rings. The number of aromatic hydroxyl groups is 1. The minimum Gasteiger partial charge on any atom is -0.508 e. The molecular formula is C18H18N2O2. The average molecular weight is 294 g/mol. The van der Waals surface area contributed by atoms with Crippen LogP contribution in [0.5, 0.6) is 5.75 Å². The van der Waals surface area contributed by atoms with Crippen molar-refractivity contribution < 1.29 is 9.90 Å². The average Bonchev–Trinajstić information content (AvgIpc) is 3.34. The predicted molar refractivity (Wildman–Crippen MR) is 85.8 cm³/mol. The molecule has 0 unspecified atom stereocenters. The van der Waals surface area contributed by atoms with Crippen LogP contribution in [0.4, 0.5) is 0 Å². The molecule has 1 aliphatic carbocycles. The Hall–Kier alpha value is -2.62. The van der Waals surface area contributed by atoms with Gasteiger partial charge in [0.15, 0.2) is 0 Å². The smallest absolute Gasteiger partial charge is 0.243 e. The molecule has 1 amide bonds. The highest BCUT2D eigenvalue weighted by atomic mass is 16.3. The molecule has 0 aromatic heterocycles. The summed E-state index contributed by atoms with van der Waals surface area (Å²) in [6, 6.07) is 16.8. The van der Waals surface area contributed by atoms with Crippen LogP contribution in [0.1, 0.15) is 30.4 Å². The van der Waals surface area contributed by atoms with Gasteiger partial charge in [-0.1, -0.05) is 30.3 Å². The zero-order chi connectivity index (χ0) is 15.5. The SMILES string of the molecule is C/C(=N\NC(=O)[C@@H]1C[C@H]1c1ccccc1)c1ccc(O)cc1. The lowest BCUT2D eigenvalue weighted by Gasteiger charge is -2.03. The van der Waals surface area contributed by atoms with E-state index in [4.69, 9.17) is 0 Å². The van der Waals surface area contributed by atoms with Crippen LogP contribution in [-0.4, -0.2) is 16.7 Å². The topological polar surface area (TPSA) is 61.7 Å². The van der Waals surface area contributed by atoms with Crippen molar-refractivity contribution in [2.24, 2.45) is 11.0 Å². The monoisotopic (exact) mass is 294 g/mol. The van der Waals surface area contributed by atoms with Gasteiger partial charge < -0.3 is 5.11 Å². The first-order chi connectivity index (χ1) is 10.6. The number of phenolic OH excluding ortho intramolecular Hbond substituents is 1. The van der Waals surface area contributed by atoms with Crippen molar-refractivity contribution in [3.8, 4) is 5.75 Å². The van der Waals surface area contributed by atoms with E-state index in [9.17, 15) is 9.90 Å². The molecule has 1 saturated carbocycles. The quantitative estimate of drug-likeness (QED) is 0.672. The van der Waals surface area contributed by atoms with Gasteiger partial charge in [-0.2, -0.15) is 5.10 Å². The molecule has 112 valence electrons. The summed E-state index contributed by atoms with van der Waals surface area (Å²) < 4.78 is 0.